The average Bonchev–Trinajstić information content (AvgIpc) is 2.68. The van der Waals surface area contributed by atoms with Crippen LogP contribution in [0.5, 0.6) is 5.75 Å². The SMILES string of the molecule is CSCCOC(=O)[C@H]1Oc2ccccc2[C@H]1C. The van der Waals surface area contributed by atoms with Crippen LogP contribution in [-0.4, -0.2) is 30.7 Å². The van der Waals surface area contributed by atoms with E-state index in [4.69, 9.17) is 9.47 Å². The third-order valence-corrected chi connectivity index (χ3v) is 3.46. The highest BCUT2D eigenvalue weighted by molar-refractivity contribution is 7.98. The molecule has 1 aromatic rings. The van der Waals surface area contributed by atoms with Gasteiger partial charge in [0.25, 0.3) is 0 Å². The molecule has 0 radical (unpaired) electrons. The fourth-order valence-electron chi connectivity index (χ4n) is 1.93. The number of hydrogen-bond acceptors (Lipinski definition) is 4. The molecule has 0 unspecified atom stereocenters. The van der Waals surface area contributed by atoms with Crippen molar-refractivity contribution in [3.05, 3.63) is 29.8 Å². The highest BCUT2D eigenvalue weighted by Gasteiger charge is 2.37. The van der Waals surface area contributed by atoms with Crippen molar-refractivity contribution in [1.82, 2.24) is 0 Å². The first-order valence-corrected chi connectivity index (χ1v) is 7.04. The van der Waals surface area contributed by atoms with Crippen LogP contribution < -0.4 is 4.74 Å². The maximum Gasteiger partial charge on any atom is 0.348 e. The van der Waals surface area contributed by atoms with Crippen molar-refractivity contribution in [2.45, 2.75) is 18.9 Å². The van der Waals surface area contributed by atoms with Gasteiger partial charge in [0.05, 0.1) is 0 Å². The van der Waals surface area contributed by atoms with Gasteiger partial charge in [0, 0.05) is 17.2 Å². The Morgan fingerprint density at radius 1 is 1.47 bits per heavy atom. The number of carbonyl (C=O) groups excluding carboxylic acids is 1. The van der Waals surface area contributed by atoms with Crippen LogP contribution >= 0.6 is 11.8 Å². The lowest BCUT2D eigenvalue weighted by atomic mass is 9.98. The Labute approximate surface area is 105 Å². The molecular formula is C13H16O3S. The second-order valence-electron chi connectivity index (χ2n) is 4.03. The number of carbonyl (C=O) groups is 1. The first-order valence-electron chi connectivity index (χ1n) is 5.65. The minimum Gasteiger partial charge on any atom is -0.478 e. The van der Waals surface area contributed by atoms with Gasteiger partial charge >= 0.3 is 5.97 Å². The Bertz CT molecular complexity index is 405. The van der Waals surface area contributed by atoms with E-state index < -0.39 is 6.10 Å². The van der Waals surface area contributed by atoms with E-state index in [-0.39, 0.29) is 11.9 Å². The molecule has 0 aliphatic carbocycles. The summed E-state index contributed by atoms with van der Waals surface area (Å²) in [5.74, 6) is 1.42. The molecule has 2 rings (SSSR count). The largest absolute Gasteiger partial charge is 0.478 e. The summed E-state index contributed by atoms with van der Waals surface area (Å²) in [6.45, 7) is 2.44. The second kappa shape index (κ2) is 5.45. The van der Waals surface area contributed by atoms with Crippen molar-refractivity contribution in [1.29, 1.82) is 0 Å². The zero-order valence-corrected chi connectivity index (χ0v) is 10.8. The van der Waals surface area contributed by atoms with Gasteiger partial charge in [-0.25, -0.2) is 4.79 Å². The van der Waals surface area contributed by atoms with Crippen molar-refractivity contribution in [3.63, 3.8) is 0 Å². The molecule has 4 heteroatoms. The van der Waals surface area contributed by atoms with Crippen LogP contribution in [0, 0.1) is 0 Å². The van der Waals surface area contributed by atoms with Crippen LogP contribution in [0.15, 0.2) is 24.3 Å². The van der Waals surface area contributed by atoms with Crippen LogP contribution in [0.25, 0.3) is 0 Å². The first-order chi connectivity index (χ1) is 8.24. The molecule has 0 spiro atoms. The number of para-hydroxylation sites is 1. The Hall–Kier alpha value is -1.16. The normalized spacial score (nSPS) is 21.8. The summed E-state index contributed by atoms with van der Waals surface area (Å²) >= 11 is 1.66. The van der Waals surface area contributed by atoms with Gasteiger partial charge in [-0.2, -0.15) is 11.8 Å². The summed E-state index contributed by atoms with van der Waals surface area (Å²) in [5, 5.41) is 0. The molecule has 0 fully saturated rings. The van der Waals surface area contributed by atoms with Crippen molar-refractivity contribution < 1.29 is 14.3 Å². The minimum atomic E-state index is -0.491. The van der Waals surface area contributed by atoms with E-state index >= 15 is 0 Å². The number of hydrogen-bond donors (Lipinski definition) is 0. The Morgan fingerprint density at radius 2 is 2.24 bits per heavy atom. The third kappa shape index (κ3) is 2.57. The molecule has 17 heavy (non-hydrogen) atoms. The van der Waals surface area contributed by atoms with E-state index in [0.29, 0.717) is 6.61 Å². The predicted molar refractivity (Wildman–Crippen MR) is 68.6 cm³/mol. The van der Waals surface area contributed by atoms with Gasteiger partial charge < -0.3 is 9.47 Å². The van der Waals surface area contributed by atoms with Crippen molar-refractivity contribution in [3.8, 4) is 5.75 Å². The summed E-state index contributed by atoms with van der Waals surface area (Å²) in [7, 11) is 0. The summed E-state index contributed by atoms with van der Waals surface area (Å²) in [6, 6.07) is 7.75. The van der Waals surface area contributed by atoms with Crippen LogP contribution in [-0.2, 0) is 9.53 Å². The Morgan fingerprint density at radius 3 is 2.94 bits per heavy atom. The zero-order chi connectivity index (χ0) is 12.3. The van der Waals surface area contributed by atoms with Gasteiger partial charge in [-0.3, -0.25) is 0 Å². The first kappa shape index (κ1) is 12.3. The minimum absolute atomic E-state index is 0.0629. The van der Waals surface area contributed by atoms with E-state index in [1.165, 1.54) is 0 Å². The average molecular weight is 252 g/mol. The van der Waals surface area contributed by atoms with Gasteiger partial charge in [-0.1, -0.05) is 25.1 Å². The van der Waals surface area contributed by atoms with Gasteiger partial charge in [0.1, 0.15) is 12.4 Å². The lowest BCUT2D eigenvalue weighted by molar-refractivity contribution is -0.151. The number of rotatable bonds is 4. The van der Waals surface area contributed by atoms with E-state index in [0.717, 1.165) is 17.1 Å². The molecule has 0 amide bonds. The molecule has 0 aromatic heterocycles. The summed E-state index contributed by atoms with van der Waals surface area (Å²) in [4.78, 5) is 11.8. The standard InChI is InChI=1S/C13H16O3S/c1-9-10-5-3-4-6-11(10)16-12(9)13(14)15-7-8-17-2/h3-6,9,12H,7-8H2,1-2H3/t9-,12+/m1/s1. The molecular weight excluding hydrogens is 236 g/mol. The van der Waals surface area contributed by atoms with Gasteiger partial charge in [0.15, 0.2) is 0 Å². The van der Waals surface area contributed by atoms with E-state index in [1.54, 1.807) is 11.8 Å². The smallest absolute Gasteiger partial charge is 0.348 e. The van der Waals surface area contributed by atoms with Crippen molar-refractivity contribution >= 4 is 17.7 Å². The van der Waals surface area contributed by atoms with E-state index in [2.05, 4.69) is 0 Å². The van der Waals surface area contributed by atoms with E-state index in [9.17, 15) is 4.79 Å². The third-order valence-electron chi connectivity index (χ3n) is 2.88. The maximum absolute atomic E-state index is 11.8. The van der Waals surface area contributed by atoms with Crippen molar-refractivity contribution in [2.75, 3.05) is 18.6 Å². The van der Waals surface area contributed by atoms with Crippen LogP contribution in [0.3, 0.4) is 0 Å². The van der Waals surface area contributed by atoms with Gasteiger partial charge in [0.2, 0.25) is 6.10 Å². The lowest BCUT2D eigenvalue weighted by Gasteiger charge is -2.14. The maximum atomic E-state index is 11.8. The molecule has 0 saturated heterocycles. The second-order valence-corrected chi connectivity index (χ2v) is 5.01. The van der Waals surface area contributed by atoms with Crippen LogP contribution in [0.4, 0.5) is 0 Å². The van der Waals surface area contributed by atoms with Crippen LogP contribution in [0.1, 0.15) is 18.4 Å². The van der Waals surface area contributed by atoms with Crippen molar-refractivity contribution in [2.24, 2.45) is 0 Å². The molecule has 0 bridgehead atoms. The summed E-state index contributed by atoms with van der Waals surface area (Å²) in [5.41, 5.74) is 1.08. The fraction of sp³-hybridized carbons (Fsp3) is 0.462. The quantitative estimate of drug-likeness (QED) is 0.609. The Kier molecular flexibility index (Phi) is 3.94. The number of ether oxygens (including phenoxy) is 2. The molecule has 1 aliphatic heterocycles. The molecule has 1 aliphatic rings. The zero-order valence-electron chi connectivity index (χ0n) is 10.0. The monoisotopic (exact) mass is 252 g/mol. The lowest BCUT2D eigenvalue weighted by Crippen LogP contribution is -2.30. The summed E-state index contributed by atoms with van der Waals surface area (Å²) < 4.78 is 10.8. The highest BCUT2D eigenvalue weighted by Crippen LogP contribution is 2.37. The number of thioether (sulfide) groups is 1. The molecule has 92 valence electrons. The molecule has 1 heterocycles. The molecule has 0 saturated carbocycles. The predicted octanol–water partition coefficient (Wildman–Crippen LogP) is 2.46. The number of fused-ring (bicyclic) bond motifs is 1. The number of esters is 1. The molecule has 0 N–H and O–H groups in total. The van der Waals surface area contributed by atoms with Gasteiger partial charge in [-0.05, 0) is 12.3 Å². The van der Waals surface area contributed by atoms with E-state index in [1.807, 2.05) is 37.4 Å². The number of benzene rings is 1. The Balaban J connectivity index is 1.99. The van der Waals surface area contributed by atoms with Gasteiger partial charge in [-0.15, -0.1) is 0 Å². The van der Waals surface area contributed by atoms with Crippen LogP contribution in [0.2, 0.25) is 0 Å². The molecule has 3 nitrogen and oxygen atoms in total. The molecule has 1 aromatic carbocycles. The topological polar surface area (TPSA) is 35.5 Å². The fourth-order valence-corrected chi connectivity index (χ4v) is 2.18. The molecule has 2 atom stereocenters. The summed E-state index contributed by atoms with van der Waals surface area (Å²) in [6.07, 6.45) is 1.49. The highest BCUT2D eigenvalue weighted by atomic mass is 32.2.